The zero-order chi connectivity index (χ0) is 19.9. The van der Waals surface area contributed by atoms with E-state index in [0.29, 0.717) is 5.38 Å². The number of hydrogen-bond donors (Lipinski definition) is 1. The van der Waals surface area contributed by atoms with E-state index in [9.17, 15) is 0 Å². The molecule has 2 aliphatic rings. The number of alkyl halides is 1. The van der Waals surface area contributed by atoms with E-state index in [-0.39, 0.29) is 0 Å². The lowest BCUT2D eigenvalue weighted by Crippen LogP contribution is -2.37. The average Bonchev–Trinajstić information content (AvgIpc) is 3.11. The first kappa shape index (κ1) is 20.9. The van der Waals surface area contributed by atoms with Crippen molar-refractivity contribution in [2.24, 2.45) is 0 Å². The van der Waals surface area contributed by atoms with Gasteiger partial charge in [0.25, 0.3) is 0 Å². The van der Waals surface area contributed by atoms with Crippen LogP contribution < -0.4 is 5.32 Å². The molecule has 0 radical (unpaired) electrons. The summed E-state index contributed by atoms with van der Waals surface area (Å²) in [5, 5.41) is 10.1. The Morgan fingerprint density at radius 3 is 2.52 bits per heavy atom. The van der Waals surface area contributed by atoms with Gasteiger partial charge < -0.3 is 15.0 Å². The summed E-state index contributed by atoms with van der Waals surface area (Å²) in [6.45, 7) is 10.2. The van der Waals surface area contributed by atoms with Gasteiger partial charge in [-0.3, -0.25) is 9.58 Å². The summed E-state index contributed by atoms with van der Waals surface area (Å²) in [7, 11) is 0. The molecule has 0 unspecified atom stereocenters. The van der Waals surface area contributed by atoms with Crippen LogP contribution in [0.4, 0.5) is 5.82 Å². The summed E-state index contributed by atoms with van der Waals surface area (Å²) >= 11 is 6.20. The minimum atomic E-state index is 0.378. The quantitative estimate of drug-likeness (QED) is 0.499. The molecule has 0 atom stereocenters. The molecule has 1 aromatic heterocycles. The fourth-order valence-corrected chi connectivity index (χ4v) is 4.53. The number of aromatic nitrogens is 2. The number of nitrogens with zero attached hydrogens (tertiary/aromatic N) is 4. The van der Waals surface area contributed by atoms with E-state index in [4.69, 9.17) is 21.4 Å². The number of rotatable bonds is 9. The van der Waals surface area contributed by atoms with E-state index < -0.39 is 0 Å². The van der Waals surface area contributed by atoms with Crippen molar-refractivity contribution < 1.29 is 4.74 Å². The number of halogens is 1. The number of anilines is 1. The largest absolute Gasteiger partial charge is 0.379 e. The molecule has 2 aliphatic heterocycles. The molecule has 3 heterocycles. The van der Waals surface area contributed by atoms with Crippen LogP contribution in [-0.2, 0) is 11.3 Å². The van der Waals surface area contributed by atoms with Crippen LogP contribution in [0.3, 0.4) is 0 Å². The summed E-state index contributed by atoms with van der Waals surface area (Å²) in [5.41, 5.74) is 1.22. The third-order valence-electron chi connectivity index (χ3n) is 6.07. The first-order valence-electron chi connectivity index (χ1n) is 11.2. The lowest BCUT2D eigenvalue weighted by molar-refractivity contribution is 0.0368. The molecule has 1 aromatic carbocycles. The van der Waals surface area contributed by atoms with Crippen LogP contribution in [0.2, 0.25) is 0 Å². The Labute approximate surface area is 179 Å². The third-order valence-corrected chi connectivity index (χ3v) is 6.50. The maximum absolute atomic E-state index is 6.20. The summed E-state index contributed by atoms with van der Waals surface area (Å²) in [6, 6.07) is 8.56. The first-order valence-corrected chi connectivity index (χ1v) is 11.6. The van der Waals surface area contributed by atoms with Gasteiger partial charge in [-0.1, -0.05) is 12.1 Å². The number of nitrogens with one attached hydrogen (secondary N) is 1. The highest BCUT2D eigenvalue weighted by Crippen LogP contribution is 2.23. The van der Waals surface area contributed by atoms with Gasteiger partial charge in [0, 0.05) is 43.5 Å². The van der Waals surface area contributed by atoms with E-state index >= 15 is 0 Å². The van der Waals surface area contributed by atoms with E-state index in [2.05, 4.69) is 44.1 Å². The smallest absolute Gasteiger partial charge is 0.155 e. The summed E-state index contributed by atoms with van der Waals surface area (Å²) < 4.78 is 7.61. The number of fused-ring (bicyclic) bond motifs is 1. The number of para-hydroxylation sites is 1. The fourth-order valence-electron chi connectivity index (χ4n) is 4.33. The molecular weight excluding hydrogens is 386 g/mol. The molecule has 6 nitrogen and oxygen atoms in total. The predicted molar refractivity (Wildman–Crippen MR) is 120 cm³/mol. The molecule has 0 amide bonds. The molecule has 0 saturated carbocycles. The topological polar surface area (TPSA) is 45.6 Å². The molecular formula is C22H34ClN5O. The number of piperidine rings is 1. The fraction of sp³-hybridized carbons (Fsp3) is 0.682. The molecule has 0 bridgehead atoms. The Balaban J connectivity index is 1.27. The van der Waals surface area contributed by atoms with Gasteiger partial charge in [-0.05, 0) is 57.5 Å². The summed E-state index contributed by atoms with van der Waals surface area (Å²) in [4.78, 5) is 5.02. The van der Waals surface area contributed by atoms with Crippen molar-refractivity contribution in [2.45, 2.75) is 37.6 Å². The SMILES string of the molecule is ClC1CCN(CCCNc2nn(CCCN3CCOCC3)c3ccccc23)CC1. The Hall–Kier alpha value is -1.34. The van der Waals surface area contributed by atoms with Crippen LogP contribution >= 0.6 is 11.6 Å². The molecule has 2 saturated heterocycles. The second kappa shape index (κ2) is 10.6. The monoisotopic (exact) mass is 419 g/mol. The molecule has 0 spiro atoms. The van der Waals surface area contributed by atoms with Crippen molar-refractivity contribution in [1.82, 2.24) is 19.6 Å². The molecule has 7 heteroatoms. The minimum Gasteiger partial charge on any atom is -0.379 e. The molecule has 2 aromatic rings. The molecule has 4 rings (SSSR count). The van der Waals surface area contributed by atoms with E-state index in [1.165, 1.54) is 10.9 Å². The average molecular weight is 420 g/mol. The van der Waals surface area contributed by atoms with Crippen LogP contribution in [0.15, 0.2) is 24.3 Å². The van der Waals surface area contributed by atoms with E-state index in [0.717, 1.165) is 97.1 Å². The summed E-state index contributed by atoms with van der Waals surface area (Å²) in [5.74, 6) is 1.02. The van der Waals surface area contributed by atoms with Crippen molar-refractivity contribution in [2.75, 3.05) is 64.3 Å². The lowest BCUT2D eigenvalue weighted by atomic mass is 10.1. The van der Waals surface area contributed by atoms with Gasteiger partial charge >= 0.3 is 0 Å². The first-order chi connectivity index (χ1) is 14.3. The van der Waals surface area contributed by atoms with Gasteiger partial charge in [0.05, 0.1) is 18.7 Å². The van der Waals surface area contributed by atoms with Gasteiger partial charge in [-0.15, -0.1) is 11.6 Å². The molecule has 0 aliphatic carbocycles. The second-order valence-corrected chi connectivity index (χ2v) is 8.81. The van der Waals surface area contributed by atoms with Crippen molar-refractivity contribution in [3.05, 3.63) is 24.3 Å². The van der Waals surface area contributed by atoms with Gasteiger partial charge in [0.1, 0.15) is 0 Å². The molecule has 29 heavy (non-hydrogen) atoms. The Morgan fingerprint density at radius 1 is 0.966 bits per heavy atom. The van der Waals surface area contributed by atoms with Crippen molar-refractivity contribution in [3.8, 4) is 0 Å². The minimum absolute atomic E-state index is 0.378. The van der Waals surface area contributed by atoms with Gasteiger partial charge in [0.2, 0.25) is 0 Å². The Morgan fingerprint density at radius 2 is 1.69 bits per heavy atom. The van der Waals surface area contributed by atoms with Gasteiger partial charge in [-0.2, -0.15) is 5.10 Å². The van der Waals surface area contributed by atoms with Crippen LogP contribution in [-0.4, -0.2) is 84.0 Å². The highest BCUT2D eigenvalue weighted by Gasteiger charge is 2.16. The highest BCUT2D eigenvalue weighted by atomic mass is 35.5. The molecule has 160 valence electrons. The number of benzene rings is 1. The third kappa shape index (κ3) is 5.85. The zero-order valence-corrected chi connectivity index (χ0v) is 18.1. The Bertz CT molecular complexity index is 753. The molecule has 1 N–H and O–H groups in total. The van der Waals surface area contributed by atoms with Gasteiger partial charge in [0.15, 0.2) is 5.82 Å². The summed E-state index contributed by atoms with van der Waals surface area (Å²) in [6.07, 6.45) is 4.48. The lowest BCUT2D eigenvalue weighted by Gasteiger charge is -2.29. The Kier molecular flexibility index (Phi) is 7.66. The number of hydrogen-bond acceptors (Lipinski definition) is 5. The number of aryl methyl sites for hydroxylation is 1. The number of likely N-dealkylation sites (tertiary alicyclic amines) is 1. The van der Waals surface area contributed by atoms with Crippen molar-refractivity contribution >= 4 is 28.3 Å². The standard InChI is InChI=1S/C22H34ClN5O/c23-19-7-13-26(14-8-19)10-3-9-24-22-20-5-1-2-6-21(20)28(25-22)12-4-11-27-15-17-29-18-16-27/h1-2,5-6,19H,3-4,7-18H2,(H,24,25). The normalized spacial score (nSPS) is 19.8. The van der Waals surface area contributed by atoms with Crippen molar-refractivity contribution in [1.29, 1.82) is 0 Å². The molecule has 2 fully saturated rings. The van der Waals surface area contributed by atoms with E-state index in [1.54, 1.807) is 0 Å². The second-order valence-electron chi connectivity index (χ2n) is 8.19. The predicted octanol–water partition coefficient (Wildman–Crippen LogP) is 3.26. The zero-order valence-electron chi connectivity index (χ0n) is 17.4. The highest BCUT2D eigenvalue weighted by molar-refractivity contribution is 6.20. The maximum atomic E-state index is 6.20. The van der Waals surface area contributed by atoms with E-state index in [1.807, 2.05) is 0 Å². The van der Waals surface area contributed by atoms with Crippen LogP contribution in [0.25, 0.3) is 10.9 Å². The maximum Gasteiger partial charge on any atom is 0.155 e. The number of morpholine rings is 1. The van der Waals surface area contributed by atoms with Crippen LogP contribution in [0.1, 0.15) is 25.7 Å². The number of ether oxygens (including phenoxy) is 1. The van der Waals surface area contributed by atoms with Crippen LogP contribution in [0.5, 0.6) is 0 Å². The van der Waals surface area contributed by atoms with Crippen molar-refractivity contribution in [3.63, 3.8) is 0 Å². The van der Waals surface area contributed by atoms with Crippen LogP contribution in [0, 0.1) is 0 Å². The van der Waals surface area contributed by atoms with Gasteiger partial charge in [-0.25, -0.2) is 0 Å².